The Morgan fingerprint density at radius 3 is 2.88 bits per heavy atom. The van der Waals surface area contributed by atoms with Gasteiger partial charge in [-0.1, -0.05) is 20.8 Å². The molecule has 3 aromatic rings. The summed E-state index contributed by atoms with van der Waals surface area (Å²) in [6.07, 6.45) is 3.28. The fourth-order valence-corrected chi connectivity index (χ4v) is 3.88. The number of fused-ring (bicyclic) bond motifs is 1. The van der Waals surface area contributed by atoms with Crippen molar-refractivity contribution in [2.45, 2.75) is 32.7 Å². The predicted octanol–water partition coefficient (Wildman–Crippen LogP) is 3.61. The monoisotopic (exact) mass is 360 g/mol. The van der Waals surface area contributed by atoms with Crippen molar-refractivity contribution in [1.29, 1.82) is 0 Å². The molecule has 0 saturated heterocycles. The van der Waals surface area contributed by atoms with Gasteiger partial charge < -0.3 is 5.32 Å². The van der Waals surface area contributed by atoms with Crippen molar-refractivity contribution in [2.24, 2.45) is 5.10 Å². The first-order valence-corrected chi connectivity index (χ1v) is 9.30. The third-order valence-corrected chi connectivity index (χ3v) is 5.71. The fraction of sp³-hybridized carbons (Fsp3) is 0.375. The van der Waals surface area contributed by atoms with E-state index < -0.39 is 0 Å². The number of thiophene rings is 1. The first-order chi connectivity index (χ1) is 11.5. The van der Waals surface area contributed by atoms with Crippen LogP contribution in [0.25, 0.3) is 10.2 Å². The second-order valence-electron chi connectivity index (χ2n) is 6.37. The van der Waals surface area contributed by atoms with Crippen LogP contribution in [0.3, 0.4) is 0 Å². The maximum atomic E-state index is 4.47. The lowest BCUT2D eigenvalue weighted by Crippen LogP contribution is -2.07. The van der Waals surface area contributed by atoms with Gasteiger partial charge in [0.1, 0.15) is 11.3 Å². The Morgan fingerprint density at radius 1 is 1.29 bits per heavy atom. The smallest absolute Gasteiger partial charge is 0.167 e. The Balaban J connectivity index is 1.79. The van der Waals surface area contributed by atoms with Crippen LogP contribution >= 0.6 is 22.7 Å². The second-order valence-corrected chi connectivity index (χ2v) is 8.32. The summed E-state index contributed by atoms with van der Waals surface area (Å²) >= 11 is 3.27. The van der Waals surface area contributed by atoms with Gasteiger partial charge in [-0.15, -0.1) is 22.7 Å². The minimum atomic E-state index is 0.0938. The summed E-state index contributed by atoms with van der Waals surface area (Å²) in [5.41, 5.74) is 5.08. The molecule has 3 rings (SSSR count). The minimum Gasteiger partial charge on any atom is -0.314 e. The lowest BCUT2D eigenvalue weighted by atomic mass is 9.95. The summed E-state index contributed by atoms with van der Waals surface area (Å²) < 4.78 is 1.02. The Kier molecular flexibility index (Phi) is 4.88. The third-order valence-electron chi connectivity index (χ3n) is 3.32. The van der Waals surface area contributed by atoms with E-state index >= 15 is 0 Å². The number of hydrazone groups is 1. The molecule has 0 spiro atoms. The zero-order valence-electron chi connectivity index (χ0n) is 14.1. The topological polar surface area (TPSA) is 75.1 Å². The number of hydrogen-bond acceptors (Lipinski definition) is 8. The molecule has 0 atom stereocenters. The molecule has 6 nitrogen and oxygen atoms in total. The number of hydrogen-bond donors (Lipinski definition) is 2. The maximum absolute atomic E-state index is 4.47. The molecule has 0 aromatic carbocycles. The Morgan fingerprint density at radius 2 is 2.12 bits per heavy atom. The highest BCUT2D eigenvalue weighted by Gasteiger charge is 2.18. The number of aromatic nitrogens is 3. The zero-order chi connectivity index (χ0) is 17.2. The van der Waals surface area contributed by atoms with Crippen molar-refractivity contribution in [1.82, 2.24) is 20.3 Å². The van der Waals surface area contributed by atoms with Gasteiger partial charge in [0.15, 0.2) is 5.82 Å². The van der Waals surface area contributed by atoms with Crippen LogP contribution in [0.5, 0.6) is 0 Å². The standard InChI is InChI=1S/C16H20N6S2/c1-16(2,3)12-5-11-14(24-12)15(19-9-18-11)22-20-7-13-21-10(6-17-4)8-23-13/h5,7-9,17H,6H2,1-4H3,(H,18,19,22). The zero-order valence-corrected chi connectivity index (χ0v) is 15.8. The molecule has 3 heterocycles. The predicted molar refractivity (Wildman–Crippen MR) is 102 cm³/mol. The molecule has 126 valence electrons. The molecular weight excluding hydrogens is 340 g/mol. The molecule has 3 aromatic heterocycles. The van der Waals surface area contributed by atoms with Crippen molar-refractivity contribution in [2.75, 3.05) is 12.5 Å². The maximum Gasteiger partial charge on any atom is 0.167 e. The van der Waals surface area contributed by atoms with E-state index in [2.05, 4.69) is 57.6 Å². The van der Waals surface area contributed by atoms with Gasteiger partial charge in [0.2, 0.25) is 0 Å². The summed E-state index contributed by atoms with van der Waals surface area (Å²) in [6, 6.07) is 2.13. The number of nitrogens with one attached hydrogen (secondary N) is 2. The summed E-state index contributed by atoms with van der Waals surface area (Å²) in [5.74, 6) is 0.726. The molecule has 0 saturated carbocycles. The van der Waals surface area contributed by atoms with Crippen molar-refractivity contribution in [3.63, 3.8) is 0 Å². The van der Waals surface area contributed by atoms with Crippen molar-refractivity contribution in [3.05, 3.63) is 33.4 Å². The lowest BCUT2D eigenvalue weighted by Gasteiger charge is -2.14. The van der Waals surface area contributed by atoms with E-state index in [1.807, 2.05) is 12.4 Å². The molecule has 0 amide bonds. The molecule has 0 unspecified atom stereocenters. The number of anilines is 1. The molecule has 0 bridgehead atoms. The molecule has 0 fully saturated rings. The van der Waals surface area contributed by atoms with Gasteiger partial charge in [-0.3, -0.25) is 5.43 Å². The largest absolute Gasteiger partial charge is 0.314 e. The van der Waals surface area contributed by atoms with Crippen LogP contribution in [0.1, 0.15) is 36.3 Å². The Hall–Kier alpha value is -1.90. The van der Waals surface area contributed by atoms with Crippen LogP contribution in [0.15, 0.2) is 22.9 Å². The van der Waals surface area contributed by atoms with Gasteiger partial charge >= 0.3 is 0 Å². The summed E-state index contributed by atoms with van der Waals surface area (Å²) in [4.78, 5) is 14.4. The molecule has 0 aliphatic carbocycles. The highest BCUT2D eigenvalue weighted by molar-refractivity contribution is 7.19. The average molecular weight is 361 g/mol. The summed E-state index contributed by atoms with van der Waals surface area (Å²) in [6.45, 7) is 7.35. The minimum absolute atomic E-state index is 0.0938. The Labute approximate surface area is 149 Å². The number of thiazole rings is 1. The molecule has 0 aliphatic heterocycles. The molecule has 0 aliphatic rings. The summed E-state index contributed by atoms with van der Waals surface area (Å²) in [7, 11) is 1.90. The van der Waals surface area contributed by atoms with Crippen LogP contribution in [-0.2, 0) is 12.0 Å². The fourth-order valence-electron chi connectivity index (χ4n) is 2.10. The van der Waals surface area contributed by atoms with Crippen molar-refractivity contribution >= 4 is 44.9 Å². The van der Waals surface area contributed by atoms with Gasteiger partial charge in [-0.25, -0.2) is 15.0 Å². The van der Waals surface area contributed by atoms with E-state index in [0.29, 0.717) is 0 Å². The van der Waals surface area contributed by atoms with Crippen LogP contribution in [0, 0.1) is 0 Å². The van der Waals surface area contributed by atoms with Gasteiger partial charge in [0, 0.05) is 16.8 Å². The van der Waals surface area contributed by atoms with Gasteiger partial charge in [0.25, 0.3) is 0 Å². The number of rotatable bonds is 5. The van der Waals surface area contributed by atoms with Gasteiger partial charge in [-0.2, -0.15) is 5.10 Å². The molecular formula is C16H20N6S2. The van der Waals surface area contributed by atoms with Crippen molar-refractivity contribution in [3.8, 4) is 0 Å². The van der Waals surface area contributed by atoms with E-state index in [1.165, 1.54) is 4.88 Å². The molecule has 24 heavy (non-hydrogen) atoms. The van der Waals surface area contributed by atoms with Crippen LogP contribution in [0.2, 0.25) is 0 Å². The van der Waals surface area contributed by atoms with Crippen LogP contribution in [-0.4, -0.2) is 28.2 Å². The normalized spacial score (nSPS) is 12.3. The van der Waals surface area contributed by atoms with Crippen molar-refractivity contribution < 1.29 is 0 Å². The second kappa shape index (κ2) is 6.92. The van der Waals surface area contributed by atoms with E-state index in [-0.39, 0.29) is 5.41 Å². The third kappa shape index (κ3) is 3.77. The lowest BCUT2D eigenvalue weighted by molar-refractivity contribution is 0.604. The van der Waals surface area contributed by atoms with E-state index in [4.69, 9.17) is 0 Å². The molecule has 0 radical (unpaired) electrons. The van der Waals surface area contributed by atoms with E-state index in [1.54, 1.807) is 35.2 Å². The average Bonchev–Trinajstić information content (AvgIpc) is 3.14. The Bertz CT molecular complexity index is 859. The number of nitrogens with zero attached hydrogens (tertiary/aromatic N) is 4. The first kappa shape index (κ1) is 16.9. The van der Waals surface area contributed by atoms with E-state index in [0.717, 1.165) is 33.3 Å². The SMILES string of the molecule is CNCc1csc(C=NNc2ncnc3cc(C(C)(C)C)sc23)n1. The van der Waals surface area contributed by atoms with E-state index in [9.17, 15) is 0 Å². The molecule has 2 N–H and O–H groups in total. The summed E-state index contributed by atoms with van der Waals surface area (Å²) in [5, 5.41) is 10.2. The van der Waals surface area contributed by atoms with Crippen LogP contribution < -0.4 is 10.7 Å². The van der Waals surface area contributed by atoms with Crippen LogP contribution in [0.4, 0.5) is 5.82 Å². The van der Waals surface area contributed by atoms with Gasteiger partial charge in [0.05, 0.1) is 22.1 Å². The molecule has 8 heteroatoms. The quantitative estimate of drug-likeness (QED) is 0.537. The van der Waals surface area contributed by atoms with Gasteiger partial charge in [-0.05, 0) is 18.5 Å². The highest BCUT2D eigenvalue weighted by atomic mass is 32.1. The first-order valence-electron chi connectivity index (χ1n) is 7.60. The highest BCUT2D eigenvalue weighted by Crippen LogP contribution is 2.35.